The van der Waals surface area contributed by atoms with Gasteiger partial charge in [-0.1, -0.05) is 6.07 Å². The SMILES string of the molecule is CN(Cc1ccc(Br)s1)C(Cc1ccc2c(c1)OCO2)C(N)=O. The first-order valence-electron chi connectivity index (χ1n) is 7.15. The molecule has 122 valence electrons. The summed E-state index contributed by atoms with van der Waals surface area (Å²) in [4.78, 5) is 15.0. The van der Waals surface area contributed by atoms with Crippen LogP contribution >= 0.6 is 27.3 Å². The van der Waals surface area contributed by atoms with Gasteiger partial charge in [-0.25, -0.2) is 0 Å². The minimum atomic E-state index is -0.378. The molecule has 1 aliphatic rings. The van der Waals surface area contributed by atoms with E-state index in [0.717, 1.165) is 20.8 Å². The van der Waals surface area contributed by atoms with Crippen LogP contribution in [0.25, 0.3) is 0 Å². The topological polar surface area (TPSA) is 64.8 Å². The van der Waals surface area contributed by atoms with Crippen molar-refractivity contribution < 1.29 is 14.3 Å². The summed E-state index contributed by atoms with van der Waals surface area (Å²) < 4.78 is 11.8. The second-order valence-electron chi connectivity index (χ2n) is 5.43. The van der Waals surface area contributed by atoms with Gasteiger partial charge in [0.2, 0.25) is 12.7 Å². The molecule has 1 unspecified atom stereocenters. The summed E-state index contributed by atoms with van der Waals surface area (Å²) in [5, 5.41) is 0. The van der Waals surface area contributed by atoms with Crippen LogP contribution < -0.4 is 15.2 Å². The second kappa shape index (κ2) is 6.90. The molecule has 1 aromatic heterocycles. The van der Waals surface area contributed by atoms with Gasteiger partial charge >= 0.3 is 0 Å². The number of primary amides is 1. The molecular formula is C16H17BrN2O3S. The standard InChI is InChI=1S/C16H17BrN2O3S/c1-19(8-11-3-5-15(17)23-11)12(16(18)20)6-10-2-4-13-14(7-10)22-9-21-13/h2-5,7,12H,6,8-9H2,1H3,(H2,18,20). The molecule has 0 saturated heterocycles. The highest BCUT2D eigenvalue weighted by Gasteiger charge is 2.23. The average Bonchev–Trinajstić information content (AvgIpc) is 3.12. The molecular weight excluding hydrogens is 380 g/mol. The second-order valence-corrected chi connectivity index (χ2v) is 7.98. The third-order valence-corrected chi connectivity index (χ3v) is 5.37. The Bertz CT molecular complexity index is 719. The minimum Gasteiger partial charge on any atom is -0.454 e. The van der Waals surface area contributed by atoms with E-state index in [9.17, 15) is 4.79 Å². The van der Waals surface area contributed by atoms with Gasteiger partial charge in [-0.05, 0) is 59.2 Å². The molecule has 2 heterocycles. The van der Waals surface area contributed by atoms with E-state index < -0.39 is 0 Å². The van der Waals surface area contributed by atoms with E-state index in [1.807, 2.05) is 42.3 Å². The van der Waals surface area contributed by atoms with Gasteiger partial charge < -0.3 is 15.2 Å². The summed E-state index contributed by atoms with van der Waals surface area (Å²) in [5.41, 5.74) is 6.61. The molecule has 1 aliphatic heterocycles. The molecule has 2 N–H and O–H groups in total. The number of nitrogens with two attached hydrogens (primary N) is 1. The molecule has 0 aliphatic carbocycles. The Hall–Kier alpha value is -1.57. The third kappa shape index (κ3) is 3.85. The largest absolute Gasteiger partial charge is 0.454 e. The zero-order chi connectivity index (χ0) is 16.4. The minimum absolute atomic E-state index is 0.241. The van der Waals surface area contributed by atoms with Crippen LogP contribution in [0.2, 0.25) is 0 Å². The summed E-state index contributed by atoms with van der Waals surface area (Å²) in [5.74, 6) is 1.12. The van der Waals surface area contributed by atoms with Crippen molar-refractivity contribution in [2.75, 3.05) is 13.8 Å². The first kappa shape index (κ1) is 16.3. The number of hydrogen-bond donors (Lipinski definition) is 1. The van der Waals surface area contributed by atoms with Crippen molar-refractivity contribution in [3.63, 3.8) is 0 Å². The van der Waals surface area contributed by atoms with Crippen LogP contribution in [0, 0.1) is 0 Å². The van der Waals surface area contributed by atoms with E-state index in [-0.39, 0.29) is 18.7 Å². The molecule has 0 bridgehead atoms. The fourth-order valence-corrected chi connectivity index (χ4v) is 4.10. The fourth-order valence-electron chi connectivity index (χ4n) is 2.56. The number of carbonyl (C=O) groups is 1. The monoisotopic (exact) mass is 396 g/mol. The van der Waals surface area contributed by atoms with Crippen molar-refractivity contribution in [3.8, 4) is 11.5 Å². The van der Waals surface area contributed by atoms with Crippen LogP contribution in [0.4, 0.5) is 0 Å². The van der Waals surface area contributed by atoms with Crippen molar-refractivity contribution in [2.45, 2.75) is 19.0 Å². The molecule has 1 atom stereocenters. The molecule has 1 amide bonds. The average molecular weight is 397 g/mol. The Morgan fingerprint density at radius 3 is 2.83 bits per heavy atom. The lowest BCUT2D eigenvalue weighted by molar-refractivity contribution is -0.122. The molecule has 0 spiro atoms. The maximum atomic E-state index is 11.9. The van der Waals surface area contributed by atoms with Crippen LogP contribution in [-0.2, 0) is 17.8 Å². The van der Waals surface area contributed by atoms with Gasteiger partial charge in [-0.2, -0.15) is 0 Å². The van der Waals surface area contributed by atoms with Gasteiger partial charge in [0.15, 0.2) is 11.5 Å². The van der Waals surface area contributed by atoms with Gasteiger partial charge in [0.1, 0.15) is 0 Å². The quantitative estimate of drug-likeness (QED) is 0.814. The number of ether oxygens (including phenoxy) is 2. The van der Waals surface area contributed by atoms with Crippen molar-refractivity contribution in [1.82, 2.24) is 4.90 Å². The van der Waals surface area contributed by atoms with Gasteiger partial charge in [0, 0.05) is 11.4 Å². The van der Waals surface area contributed by atoms with Crippen molar-refractivity contribution in [1.29, 1.82) is 0 Å². The number of rotatable bonds is 6. The lowest BCUT2D eigenvalue weighted by Gasteiger charge is -2.25. The molecule has 0 saturated carbocycles. The predicted octanol–water partition coefficient (Wildman–Crippen LogP) is 2.77. The summed E-state index contributed by atoms with van der Waals surface area (Å²) in [7, 11) is 1.91. The maximum absolute atomic E-state index is 11.9. The Kier molecular flexibility index (Phi) is 4.89. The van der Waals surface area contributed by atoms with E-state index in [1.54, 1.807) is 11.3 Å². The Morgan fingerprint density at radius 1 is 1.35 bits per heavy atom. The van der Waals surface area contributed by atoms with Gasteiger partial charge in [-0.15, -0.1) is 11.3 Å². The molecule has 7 heteroatoms. The summed E-state index contributed by atoms with van der Waals surface area (Å²) >= 11 is 5.11. The molecule has 3 rings (SSSR count). The maximum Gasteiger partial charge on any atom is 0.235 e. The number of halogens is 1. The number of likely N-dealkylation sites (N-methyl/N-ethyl adjacent to an activating group) is 1. The molecule has 2 aromatic rings. The van der Waals surface area contributed by atoms with E-state index in [4.69, 9.17) is 15.2 Å². The number of carbonyl (C=O) groups excluding carboxylic acids is 1. The zero-order valence-electron chi connectivity index (χ0n) is 12.6. The highest BCUT2D eigenvalue weighted by Crippen LogP contribution is 2.33. The lowest BCUT2D eigenvalue weighted by Crippen LogP contribution is -2.43. The van der Waals surface area contributed by atoms with E-state index in [0.29, 0.717) is 13.0 Å². The first-order chi connectivity index (χ1) is 11.0. The number of fused-ring (bicyclic) bond motifs is 1. The van der Waals surface area contributed by atoms with Crippen LogP contribution in [0.3, 0.4) is 0 Å². The highest BCUT2D eigenvalue weighted by molar-refractivity contribution is 9.11. The number of nitrogens with zero attached hydrogens (tertiary/aromatic N) is 1. The molecule has 1 aromatic carbocycles. The van der Waals surface area contributed by atoms with E-state index >= 15 is 0 Å². The van der Waals surface area contributed by atoms with E-state index in [2.05, 4.69) is 15.9 Å². The van der Waals surface area contributed by atoms with Crippen LogP contribution in [-0.4, -0.2) is 30.7 Å². The van der Waals surface area contributed by atoms with E-state index in [1.165, 1.54) is 4.88 Å². The molecule has 5 nitrogen and oxygen atoms in total. The van der Waals surface area contributed by atoms with Crippen LogP contribution in [0.1, 0.15) is 10.4 Å². The number of thiophene rings is 1. The van der Waals surface area contributed by atoms with Crippen LogP contribution in [0.15, 0.2) is 34.1 Å². The molecule has 0 fully saturated rings. The summed E-state index contributed by atoms with van der Waals surface area (Å²) in [6.07, 6.45) is 0.537. The Morgan fingerprint density at radius 2 is 2.13 bits per heavy atom. The van der Waals surface area contributed by atoms with Crippen LogP contribution in [0.5, 0.6) is 11.5 Å². The summed E-state index contributed by atoms with van der Waals surface area (Å²) in [6.45, 7) is 0.916. The molecule has 23 heavy (non-hydrogen) atoms. The predicted molar refractivity (Wildman–Crippen MR) is 92.7 cm³/mol. The van der Waals surface area contributed by atoms with Gasteiger partial charge in [-0.3, -0.25) is 9.69 Å². The fraction of sp³-hybridized carbons (Fsp3) is 0.312. The number of benzene rings is 1. The number of amides is 1. The molecule has 0 radical (unpaired) electrons. The van der Waals surface area contributed by atoms with Crippen molar-refractivity contribution >= 4 is 33.2 Å². The van der Waals surface area contributed by atoms with Gasteiger partial charge in [0.25, 0.3) is 0 Å². The van der Waals surface area contributed by atoms with Crippen molar-refractivity contribution in [3.05, 3.63) is 44.6 Å². The summed E-state index contributed by atoms with van der Waals surface area (Å²) in [6, 6.07) is 9.39. The normalized spacial score (nSPS) is 14.2. The Labute approximate surface area is 147 Å². The van der Waals surface area contributed by atoms with Gasteiger partial charge in [0.05, 0.1) is 9.83 Å². The first-order valence-corrected chi connectivity index (χ1v) is 8.76. The smallest absolute Gasteiger partial charge is 0.235 e. The highest BCUT2D eigenvalue weighted by atomic mass is 79.9. The lowest BCUT2D eigenvalue weighted by atomic mass is 10.0. The number of hydrogen-bond acceptors (Lipinski definition) is 5. The van der Waals surface area contributed by atoms with Crippen molar-refractivity contribution in [2.24, 2.45) is 5.73 Å². The Balaban J connectivity index is 1.72. The zero-order valence-corrected chi connectivity index (χ0v) is 15.0. The third-order valence-electron chi connectivity index (χ3n) is 3.76.